The van der Waals surface area contributed by atoms with Gasteiger partial charge in [0.15, 0.2) is 0 Å². The topological polar surface area (TPSA) is 34.6 Å². The summed E-state index contributed by atoms with van der Waals surface area (Å²) in [5.41, 5.74) is -1.24. The standard InChI is InChI=1S/C17H27BN2O2/c1-13-8-6-7-11-20(13)15-12-14(9-10-19-15)18-21-16(2,3)17(4,5)22-18/h9-10,12-13H,6-8,11H2,1-5H3/i1D3,6D2,7D2,8D2,11D2,13D. The summed E-state index contributed by atoms with van der Waals surface area (Å²) >= 11 is 0. The number of nitrogens with zero attached hydrogens (tertiary/aromatic N) is 2. The number of aromatic nitrogens is 1. The molecule has 2 saturated heterocycles. The molecule has 0 saturated carbocycles. The SMILES string of the molecule is [2H]C([2H])([2H])C1([2H])N(c2cc(B3OC(C)(C)C(C)(C)O3)ccn2)C([2H])([2H])C([2H])([2H])C([2H])([2H])C1([2H])[2H]. The molecule has 22 heavy (non-hydrogen) atoms. The summed E-state index contributed by atoms with van der Waals surface area (Å²) in [7, 11) is -0.990. The second-order valence-corrected chi connectivity index (χ2v) is 6.21. The Hall–Kier alpha value is -1.07. The van der Waals surface area contributed by atoms with Gasteiger partial charge in [0.05, 0.1) is 12.6 Å². The zero-order valence-electron chi connectivity index (χ0n) is 25.0. The predicted octanol–water partition coefficient (Wildman–Crippen LogP) is 2.76. The van der Waals surface area contributed by atoms with Crippen molar-refractivity contribution < 1.29 is 25.8 Å². The lowest BCUT2D eigenvalue weighted by Gasteiger charge is -2.34. The molecule has 2 aliphatic heterocycles. The molecule has 2 aliphatic rings. The molecule has 0 radical (unpaired) electrons. The summed E-state index contributed by atoms with van der Waals surface area (Å²) < 4.78 is 110. The van der Waals surface area contributed by atoms with Crippen LogP contribution in [0.3, 0.4) is 0 Å². The van der Waals surface area contributed by atoms with Crippen molar-refractivity contribution in [3.63, 3.8) is 0 Å². The van der Waals surface area contributed by atoms with Crippen LogP contribution in [0.4, 0.5) is 5.82 Å². The van der Waals surface area contributed by atoms with Crippen molar-refractivity contribution in [1.29, 1.82) is 0 Å². The van der Waals surface area contributed by atoms with Gasteiger partial charge in [0.25, 0.3) is 0 Å². The predicted molar refractivity (Wildman–Crippen MR) is 90.6 cm³/mol. The molecule has 4 nitrogen and oxygen atoms in total. The third kappa shape index (κ3) is 2.76. The van der Waals surface area contributed by atoms with Crippen LogP contribution in [0.5, 0.6) is 0 Å². The molecule has 3 rings (SSSR count). The zero-order valence-corrected chi connectivity index (χ0v) is 13.0. The fourth-order valence-corrected chi connectivity index (χ4v) is 2.14. The fourth-order valence-electron chi connectivity index (χ4n) is 2.14. The van der Waals surface area contributed by atoms with E-state index in [1.165, 1.54) is 6.07 Å². The van der Waals surface area contributed by atoms with E-state index in [-0.39, 0.29) is 10.4 Å². The van der Waals surface area contributed by atoms with E-state index < -0.39 is 62.6 Å². The average molecular weight is 314 g/mol. The highest BCUT2D eigenvalue weighted by Gasteiger charge is 2.51. The largest absolute Gasteiger partial charge is 0.495 e. The maximum atomic E-state index is 8.70. The summed E-state index contributed by atoms with van der Waals surface area (Å²) in [6.45, 7) is 0.0788. The van der Waals surface area contributed by atoms with Crippen LogP contribution in [0.2, 0.25) is 0 Å². The van der Waals surface area contributed by atoms with Crippen LogP contribution in [0.25, 0.3) is 0 Å². The Morgan fingerprint density at radius 2 is 2.09 bits per heavy atom. The van der Waals surface area contributed by atoms with E-state index in [0.29, 0.717) is 0 Å². The van der Waals surface area contributed by atoms with Crippen LogP contribution in [0, 0.1) is 0 Å². The van der Waals surface area contributed by atoms with Gasteiger partial charge < -0.3 is 14.2 Å². The molecule has 3 heterocycles. The molecule has 5 heteroatoms. The quantitative estimate of drug-likeness (QED) is 0.786. The molecule has 0 spiro atoms. The lowest BCUT2D eigenvalue weighted by atomic mass is 9.79. The maximum Gasteiger partial charge on any atom is 0.495 e. The second kappa shape index (κ2) is 5.53. The Balaban J connectivity index is 2.26. The van der Waals surface area contributed by atoms with Gasteiger partial charge in [0.2, 0.25) is 0 Å². The Labute approximate surface area is 151 Å². The van der Waals surface area contributed by atoms with Crippen molar-refractivity contribution in [3.8, 4) is 0 Å². The van der Waals surface area contributed by atoms with Crippen molar-refractivity contribution in [2.24, 2.45) is 0 Å². The average Bonchev–Trinajstić information content (AvgIpc) is 2.87. The first kappa shape index (κ1) is 6.82. The first-order chi connectivity index (χ1) is 14.9. The summed E-state index contributed by atoms with van der Waals surface area (Å²) in [6, 6.07) is -1.00. The van der Waals surface area contributed by atoms with Gasteiger partial charge in [-0.3, -0.25) is 0 Å². The van der Waals surface area contributed by atoms with Crippen LogP contribution in [-0.4, -0.2) is 35.8 Å². The van der Waals surface area contributed by atoms with Gasteiger partial charge in [0.1, 0.15) is 5.82 Å². The van der Waals surface area contributed by atoms with Crippen LogP contribution < -0.4 is 10.4 Å². The van der Waals surface area contributed by atoms with E-state index in [4.69, 9.17) is 25.8 Å². The number of pyridine rings is 1. The van der Waals surface area contributed by atoms with Gasteiger partial charge >= 0.3 is 7.12 Å². The zero-order chi connectivity index (χ0) is 26.6. The molecule has 120 valence electrons. The van der Waals surface area contributed by atoms with E-state index in [1.807, 2.05) is 0 Å². The molecule has 0 aromatic carbocycles. The van der Waals surface area contributed by atoms with Crippen molar-refractivity contribution in [2.45, 2.75) is 70.9 Å². The van der Waals surface area contributed by atoms with E-state index in [1.54, 1.807) is 27.7 Å². The van der Waals surface area contributed by atoms with Gasteiger partial charge in [-0.05, 0) is 71.3 Å². The van der Waals surface area contributed by atoms with E-state index in [0.717, 1.165) is 12.3 Å². The van der Waals surface area contributed by atoms with Crippen molar-refractivity contribution in [3.05, 3.63) is 18.3 Å². The number of piperidine rings is 1. The van der Waals surface area contributed by atoms with E-state index in [2.05, 4.69) is 4.98 Å². The normalized spacial score (nSPS) is 48.4. The third-order valence-corrected chi connectivity index (χ3v) is 4.16. The number of hydrogen-bond acceptors (Lipinski definition) is 4. The number of hydrogen-bond donors (Lipinski definition) is 0. The first-order valence-electron chi connectivity index (χ1n) is 13.0. The molecule has 0 amide bonds. The molecule has 1 aromatic heterocycles. The van der Waals surface area contributed by atoms with Crippen LogP contribution in [0.1, 0.15) is 70.1 Å². The molecule has 0 aliphatic carbocycles. The monoisotopic (exact) mass is 314 g/mol. The van der Waals surface area contributed by atoms with Gasteiger partial charge in [-0.25, -0.2) is 4.98 Å². The molecule has 0 N–H and O–H groups in total. The Morgan fingerprint density at radius 1 is 1.36 bits per heavy atom. The Morgan fingerprint density at radius 3 is 2.77 bits per heavy atom. The number of rotatable bonds is 2. The first-order valence-corrected chi connectivity index (χ1v) is 7.02. The molecule has 0 bridgehead atoms. The summed E-state index contributed by atoms with van der Waals surface area (Å²) in [6.07, 6.45) is -9.83. The molecular formula is C17H27BN2O2. The third-order valence-electron chi connectivity index (χ3n) is 4.16. The van der Waals surface area contributed by atoms with Crippen molar-refractivity contribution in [2.75, 3.05) is 11.4 Å². The minimum Gasteiger partial charge on any atom is -0.399 e. The van der Waals surface area contributed by atoms with Crippen molar-refractivity contribution in [1.82, 2.24) is 4.98 Å². The molecule has 1 atom stereocenters. The lowest BCUT2D eigenvalue weighted by Crippen LogP contribution is -2.41. The van der Waals surface area contributed by atoms with Gasteiger partial charge in [-0.2, -0.15) is 0 Å². The van der Waals surface area contributed by atoms with Crippen LogP contribution in [0.15, 0.2) is 18.3 Å². The highest BCUT2D eigenvalue weighted by molar-refractivity contribution is 6.62. The number of anilines is 1. The Bertz CT molecular complexity index is 967. The smallest absolute Gasteiger partial charge is 0.399 e. The highest BCUT2D eigenvalue weighted by atomic mass is 16.7. The van der Waals surface area contributed by atoms with Gasteiger partial charge in [-0.1, -0.05) is 0 Å². The minimum absolute atomic E-state index is 0.0864. The second-order valence-electron chi connectivity index (χ2n) is 6.21. The fraction of sp³-hybridized carbons (Fsp3) is 0.706. The maximum absolute atomic E-state index is 8.70. The van der Waals surface area contributed by atoms with Gasteiger partial charge in [0, 0.05) is 33.8 Å². The summed E-state index contributed by atoms with van der Waals surface area (Å²) in [4.78, 5) is 4.03. The lowest BCUT2D eigenvalue weighted by molar-refractivity contribution is 0.00578. The molecular weight excluding hydrogens is 275 g/mol. The molecule has 2 fully saturated rings. The van der Waals surface area contributed by atoms with Crippen LogP contribution >= 0.6 is 0 Å². The molecule has 1 unspecified atom stereocenters. The van der Waals surface area contributed by atoms with Crippen molar-refractivity contribution >= 4 is 18.4 Å². The Kier molecular flexibility index (Phi) is 1.72. The van der Waals surface area contributed by atoms with E-state index in [9.17, 15) is 0 Å². The summed E-state index contributed by atoms with van der Waals surface area (Å²) in [5, 5.41) is 0. The highest BCUT2D eigenvalue weighted by Crippen LogP contribution is 2.36. The minimum atomic E-state index is -3.71. The van der Waals surface area contributed by atoms with E-state index >= 15 is 0 Å². The van der Waals surface area contributed by atoms with Crippen LogP contribution in [-0.2, 0) is 9.31 Å². The summed E-state index contributed by atoms with van der Waals surface area (Å²) in [5.74, 6) is -0.577. The molecule has 1 aromatic rings. The van der Waals surface area contributed by atoms with Gasteiger partial charge in [-0.15, -0.1) is 0 Å².